The highest BCUT2D eigenvalue weighted by atomic mass is 32.1. The predicted molar refractivity (Wildman–Crippen MR) is 137 cm³/mol. The Morgan fingerprint density at radius 1 is 1.08 bits per heavy atom. The lowest BCUT2D eigenvalue weighted by Gasteiger charge is -2.18. The number of ether oxygens (including phenoxy) is 1. The van der Waals surface area contributed by atoms with E-state index in [-0.39, 0.29) is 23.8 Å². The van der Waals surface area contributed by atoms with Gasteiger partial charge in [0.25, 0.3) is 11.8 Å². The maximum atomic E-state index is 13.0. The van der Waals surface area contributed by atoms with Crippen LogP contribution in [0.1, 0.15) is 37.0 Å². The second-order valence-electron chi connectivity index (χ2n) is 7.67. The largest absolute Gasteiger partial charge is 0.507 e. The first kappa shape index (κ1) is 26.4. The number of methoxy groups -OCH3 is 1. The van der Waals surface area contributed by atoms with E-state index in [0.29, 0.717) is 34.3 Å². The van der Waals surface area contributed by atoms with Gasteiger partial charge in [-0.15, -0.1) is 11.3 Å². The third-order valence-electron chi connectivity index (χ3n) is 5.11. The topological polar surface area (TPSA) is 143 Å². The van der Waals surface area contributed by atoms with E-state index in [4.69, 9.17) is 4.74 Å². The number of nitrogens with one attached hydrogen (secondary N) is 3. The molecule has 36 heavy (non-hydrogen) atoms. The number of carbonyl (C=O) groups is 3. The Morgan fingerprint density at radius 3 is 2.44 bits per heavy atom. The summed E-state index contributed by atoms with van der Waals surface area (Å²) in [4.78, 5) is 46.6. The number of amides is 2. The summed E-state index contributed by atoms with van der Waals surface area (Å²) in [5.41, 5.74) is 1.74. The molecule has 1 atom stereocenters. The number of nitrogens with zero attached hydrogens (tertiary/aromatic N) is 2. The number of benzene rings is 1. The van der Waals surface area contributed by atoms with E-state index in [0.717, 1.165) is 0 Å². The number of phenolic OH excluding ortho intramolecular Hbond substituents is 1. The van der Waals surface area contributed by atoms with Crippen molar-refractivity contribution in [2.24, 2.45) is 0 Å². The van der Waals surface area contributed by atoms with Gasteiger partial charge >= 0.3 is 5.97 Å². The zero-order chi connectivity index (χ0) is 26.1. The second-order valence-corrected chi connectivity index (χ2v) is 8.62. The molecular formula is C25H27N5O5S. The molecule has 2 heterocycles. The van der Waals surface area contributed by atoms with Crippen LogP contribution in [0.2, 0.25) is 0 Å². The van der Waals surface area contributed by atoms with Gasteiger partial charge in [-0.25, -0.2) is 14.8 Å². The Labute approximate surface area is 212 Å². The number of hydrogen-bond acceptors (Lipinski definition) is 9. The van der Waals surface area contributed by atoms with Crippen LogP contribution in [0.5, 0.6) is 5.75 Å². The highest BCUT2D eigenvalue weighted by Crippen LogP contribution is 2.17. The molecule has 3 rings (SSSR count). The van der Waals surface area contributed by atoms with E-state index >= 15 is 0 Å². The number of aromatic hydroxyl groups is 1. The van der Waals surface area contributed by atoms with Crippen LogP contribution >= 0.6 is 11.3 Å². The van der Waals surface area contributed by atoms with Gasteiger partial charge in [0.1, 0.15) is 11.8 Å². The van der Waals surface area contributed by atoms with E-state index in [1.54, 1.807) is 55.6 Å². The molecule has 0 bridgehead atoms. The summed E-state index contributed by atoms with van der Waals surface area (Å²) >= 11 is 1.27. The lowest BCUT2D eigenvalue weighted by atomic mass is 10.1. The van der Waals surface area contributed by atoms with Gasteiger partial charge in [-0.2, -0.15) is 0 Å². The molecule has 2 aromatic heterocycles. The van der Waals surface area contributed by atoms with Gasteiger partial charge in [-0.1, -0.05) is 36.4 Å². The molecule has 0 unspecified atom stereocenters. The van der Waals surface area contributed by atoms with Crippen molar-refractivity contribution < 1.29 is 24.2 Å². The van der Waals surface area contributed by atoms with Gasteiger partial charge in [0.15, 0.2) is 0 Å². The SMILES string of the molecule is COC(=O)[C@H](CNC(=O)c1cccs1)NC(=O)c1c(C)nc(NC/C=C\c2ccccc2O)nc1C. The van der Waals surface area contributed by atoms with Crippen molar-refractivity contribution in [3.05, 3.63) is 75.2 Å². The molecule has 0 fully saturated rings. The van der Waals surface area contributed by atoms with E-state index in [9.17, 15) is 19.5 Å². The number of esters is 1. The van der Waals surface area contributed by atoms with Crippen LogP contribution in [-0.4, -0.2) is 59.1 Å². The minimum Gasteiger partial charge on any atom is -0.507 e. The fourth-order valence-electron chi connectivity index (χ4n) is 3.34. The van der Waals surface area contributed by atoms with E-state index in [1.807, 2.05) is 12.1 Å². The number of para-hydroxylation sites is 1. The van der Waals surface area contributed by atoms with Crippen LogP contribution in [0.15, 0.2) is 47.9 Å². The Kier molecular flexibility index (Phi) is 9.12. The smallest absolute Gasteiger partial charge is 0.330 e. The molecule has 10 nitrogen and oxygen atoms in total. The first-order valence-corrected chi connectivity index (χ1v) is 11.9. The molecule has 3 aromatic rings. The highest BCUT2D eigenvalue weighted by Gasteiger charge is 2.25. The number of aromatic nitrogens is 2. The molecule has 0 spiro atoms. The summed E-state index contributed by atoms with van der Waals surface area (Å²) < 4.78 is 4.78. The third-order valence-corrected chi connectivity index (χ3v) is 5.98. The van der Waals surface area contributed by atoms with Crippen molar-refractivity contribution in [2.45, 2.75) is 19.9 Å². The average molecular weight is 510 g/mol. The quantitative estimate of drug-likeness (QED) is 0.306. The molecule has 2 amide bonds. The lowest BCUT2D eigenvalue weighted by Crippen LogP contribution is -2.49. The van der Waals surface area contributed by atoms with E-state index in [1.165, 1.54) is 18.4 Å². The summed E-state index contributed by atoms with van der Waals surface area (Å²) in [6.45, 7) is 3.58. The van der Waals surface area contributed by atoms with Crippen LogP contribution in [0.3, 0.4) is 0 Å². The Bertz CT molecular complexity index is 1240. The number of rotatable bonds is 10. The maximum absolute atomic E-state index is 13.0. The van der Waals surface area contributed by atoms with Crippen molar-refractivity contribution in [2.75, 3.05) is 25.5 Å². The molecule has 0 saturated heterocycles. The van der Waals surface area contributed by atoms with Gasteiger partial charge in [0, 0.05) is 18.7 Å². The monoisotopic (exact) mass is 509 g/mol. The number of aryl methyl sites for hydroxylation is 2. The van der Waals surface area contributed by atoms with Crippen LogP contribution in [0, 0.1) is 13.8 Å². The van der Waals surface area contributed by atoms with Crippen molar-refractivity contribution in [3.8, 4) is 5.75 Å². The van der Waals surface area contributed by atoms with Gasteiger partial charge in [-0.3, -0.25) is 9.59 Å². The van der Waals surface area contributed by atoms with Gasteiger partial charge < -0.3 is 25.8 Å². The maximum Gasteiger partial charge on any atom is 0.330 e. The minimum absolute atomic E-state index is 0.142. The van der Waals surface area contributed by atoms with Gasteiger partial charge in [0.05, 0.1) is 28.9 Å². The molecule has 0 aliphatic heterocycles. The number of thiophene rings is 1. The normalized spacial score (nSPS) is 11.6. The van der Waals surface area contributed by atoms with Crippen molar-refractivity contribution in [1.29, 1.82) is 0 Å². The number of phenols is 1. The van der Waals surface area contributed by atoms with Crippen molar-refractivity contribution in [3.63, 3.8) is 0 Å². The minimum atomic E-state index is -1.09. The van der Waals surface area contributed by atoms with Crippen molar-refractivity contribution >= 4 is 41.1 Å². The molecular weight excluding hydrogens is 482 g/mol. The molecule has 0 saturated carbocycles. The van der Waals surface area contributed by atoms with Gasteiger partial charge in [-0.05, 0) is 31.4 Å². The Morgan fingerprint density at radius 2 is 1.81 bits per heavy atom. The fourth-order valence-corrected chi connectivity index (χ4v) is 3.98. The summed E-state index contributed by atoms with van der Waals surface area (Å²) in [6, 6.07) is 9.28. The Hall–Kier alpha value is -4.25. The second kappa shape index (κ2) is 12.5. The molecule has 4 N–H and O–H groups in total. The fraction of sp³-hybridized carbons (Fsp3) is 0.240. The summed E-state index contributed by atoms with van der Waals surface area (Å²) in [5, 5.41) is 19.9. The standard InChI is InChI=1S/C25H27N5O5S/c1-15-21(16(2)29-25(28-15)26-12-6-9-17-8-4-5-10-19(17)31)23(33)30-18(24(34)35-3)14-27-22(32)20-11-7-13-36-20/h4-11,13,18,31H,12,14H2,1-3H3,(H,27,32)(H,30,33)(H,26,28,29)/b9-6-/t18-/m0/s1. The summed E-state index contributed by atoms with van der Waals surface area (Å²) in [7, 11) is 1.20. The molecule has 0 aliphatic rings. The third kappa shape index (κ3) is 6.89. The first-order valence-electron chi connectivity index (χ1n) is 11.0. The molecule has 1 aromatic carbocycles. The van der Waals surface area contributed by atoms with Gasteiger partial charge in [0.2, 0.25) is 5.95 Å². The average Bonchev–Trinajstić information content (AvgIpc) is 3.39. The van der Waals surface area contributed by atoms with Crippen LogP contribution in [-0.2, 0) is 9.53 Å². The van der Waals surface area contributed by atoms with E-state index < -0.39 is 17.9 Å². The molecule has 0 aliphatic carbocycles. The van der Waals surface area contributed by atoms with Crippen LogP contribution in [0.25, 0.3) is 6.08 Å². The Balaban J connectivity index is 1.64. The van der Waals surface area contributed by atoms with Crippen molar-refractivity contribution in [1.82, 2.24) is 20.6 Å². The zero-order valence-corrected chi connectivity index (χ0v) is 20.9. The number of hydrogen-bond donors (Lipinski definition) is 4. The molecule has 11 heteroatoms. The summed E-state index contributed by atoms with van der Waals surface area (Å²) in [5.74, 6) is -1.09. The molecule has 0 radical (unpaired) electrons. The lowest BCUT2D eigenvalue weighted by molar-refractivity contribution is -0.142. The zero-order valence-electron chi connectivity index (χ0n) is 20.1. The highest BCUT2D eigenvalue weighted by molar-refractivity contribution is 7.12. The molecule has 188 valence electrons. The summed E-state index contributed by atoms with van der Waals surface area (Å²) in [6.07, 6.45) is 3.59. The van der Waals surface area contributed by atoms with E-state index in [2.05, 4.69) is 25.9 Å². The van der Waals surface area contributed by atoms with Crippen LogP contribution < -0.4 is 16.0 Å². The predicted octanol–water partition coefficient (Wildman–Crippen LogP) is 2.69. The first-order chi connectivity index (χ1) is 17.3. The number of anilines is 1. The number of carbonyl (C=O) groups excluding carboxylic acids is 3. The van der Waals surface area contributed by atoms with Crippen LogP contribution in [0.4, 0.5) is 5.95 Å².